The first-order valence-corrected chi connectivity index (χ1v) is 8.14. The van der Waals surface area contributed by atoms with E-state index in [1.165, 1.54) is 0 Å². The summed E-state index contributed by atoms with van der Waals surface area (Å²) in [5.74, 6) is 0.192. The molecule has 20 heavy (non-hydrogen) atoms. The molecule has 2 heterocycles. The number of carbonyl (C=O) groups is 1. The molecule has 0 aromatic heterocycles. The van der Waals surface area contributed by atoms with Crippen molar-refractivity contribution < 1.29 is 4.79 Å². The van der Waals surface area contributed by atoms with Crippen molar-refractivity contribution >= 4 is 5.91 Å². The molecule has 0 aromatic rings. The molecular formula is C15H30N4O. The second-order valence-corrected chi connectivity index (χ2v) is 6.09. The number of carbonyl (C=O) groups excluding carboxylic acids is 1. The summed E-state index contributed by atoms with van der Waals surface area (Å²) in [6.07, 6.45) is 2.02. The molecule has 0 radical (unpaired) electrons. The summed E-state index contributed by atoms with van der Waals surface area (Å²) in [7, 11) is 0. The zero-order chi connectivity index (χ0) is 14.5. The Morgan fingerprint density at radius 2 is 1.85 bits per heavy atom. The zero-order valence-electron chi connectivity index (χ0n) is 13.2. The lowest BCUT2D eigenvalue weighted by molar-refractivity contribution is -0.130. The molecular weight excluding hydrogens is 252 g/mol. The fourth-order valence-electron chi connectivity index (χ4n) is 3.06. The Bertz CT molecular complexity index is 307. The number of nitrogens with zero attached hydrogens (tertiary/aromatic N) is 2. The van der Waals surface area contributed by atoms with Crippen LogP contribution in [-0.2, 0) is 4.79 Å². The van der Waals surface area contributed by atoms with Crippen molar-refractivity contribution in [2.75, 3.05) is 39.3 Å². The normalized spacial score (nSPS) is 23.6. The van der Waals surface area contributed by atoms with Crippen molar-refractivity contribution in [1.29, 1.82) is 0 Å². The zero-order valence-corrected chi connectivity index (χ0v) is 13.2. The van der Waals surface area contributed by atoms with Crippen LogP contribution in [0.15, 0.2) is 0 Å². The third-order valence-electron chi connectivity index (χ3n) is 4.82. The fraction of sp³-hybridized carbons (Fsp3) is 0.933. The smallest absolute Gasteiger partial charge is 0.237 e. The highest BCUT2D eigenvalue weighted by molar-refractivity contribution is 5.81. The summed E-state index contributed by atoms with van der Waals surface area (Å²) in [4.78, 5) is 17.1. The van der Waals surface area contributed by atoms with Gasteiger partial charge >= 0.3 is 0 Å². The number of piperazine rings is 1. The van der Waals surface area contributed by atoms with E-state index in [1.807, 2.05) is 6.92 Å². The third kappa shape index (κ3) is 3.71. The van der Waals surface area contributed by atoms with Gasteiger partial charge in [0.25, 0.3) is 0 Å². The molecule has 0 bridgehead atoms. The van der Waals surface area contributed by atoms with Gasteiger partial charge in [-0.05, 0) is 19.8 Å². The van der Waals surface area contributed by atoms with Gasteiger partial charge in [-0.25, -0.2) is 0 Å². The van der Waals surface area contributed by atoms with Crippen LogP contribution >= 0.6 is 0 Å². The van der Waals surface area contributed by atoms with Gasteiger partial charge in [0.1, 0.15) is 0 Å². The Morgan fingerprint density at radius 3 is 2.40 bits per heavy atom. The van der Waals surface area contributed by atoms with Crippen molar-refractivity contribution in [1.82, 2.24) is 20.4 Å². The van der Waals surface area contributed by atoms with E-state index in [9.17, 15) is 4.79 Å². The lowest BCUT2D eigenvalue weighted by Gasteiger charge is -2.48. The molecule has 2 rings (SSSR count). The van der Waals surface area contributed by atoms with Gasteiger partial charge in [-0.1, -0.05) is 13.8 Å². The first-order chi connectivity index (χ1) is 9.65. The van der Waals surface area contributed by atoms with Crippen LogP contribution in [0.1, 0.15) is 33.6 Å². The fourth-order valence-corrected chi connectivity index (χ4v) is 3.06. The maximum atomic E-state index is 12.2. The molecule has 0 aliphatic carbocycles. The maximum Gasteiger partial charge on any atom is 0.237 e. The van der Waals surface area contributed by atoms with Gasteiger partial charge in [-0.2, -0.15) is 0 Å². The van der Waals surface area contributed by atoms with E-state index in [-0.39, 0.29) is 11.9 Å². The highest BCUT2D eigenvalue weighted by Crippen LogP contribution is 2.18. The van der Waals surface area contributed by atoms with Crippen LogP contribution in [0.2, 0.25) is 0 Å². The molecule has 0 spiro atoms. The minimum absolute atomic E-state index is 0.00904. The average Bonchev–Trinajstić information content (AvgIpc) is 2.44. The summed E-state index contributed by atoms with van der Waals surface area (Å²) in [6, 6.07) is 0.991. The molecule has 5 nitrogen and oxygen atoms in total. The Hall–Kier alpha value is -0.650. The lowest BCUT2D eigenvalue weighted by Crippen LogP contribution is -2.66. The van der Waals surface area contributed by atoms with Crippen LogP contribution < -0.4 is 10.6 Å². The van der Waals surface area contributed by atoms with Crippen molar-refractivity contribution in [3.63, 3.8) is 0 Å². The Labute approximate surface area is 123 Å². The maximum absolute atomic E-state index is 12.2. The Kier molecular flexibility index (Phi) is 5.81. The molecule has 0 saturated carbocycles. The van der Waals surface area contributed by atoms with Crippen LogP contribution in [0.5, 0.6) is 0 Å². The quantitative estimate of drug-likeness (QED) is 0.734. The summed E-state index contributed by atoms with van der Waals surface area (Å²) in [5.41, 5.74) is 0. The first-order valence-electron chi connectivity index (χ1n) is 8.14. The topological polar surface area (TPSA) is 47.6 Å². The molecule has 1 atom stereocenters. The third-order valence-corrected chi connectivity index (χ3v) is 4.82. The van der Waals surface area contributed by atoms with Gasteiger partial charge in [-0.3, -0.25) is 14.6 Å². The number of hydrogen-bond donors (Lipinski definition) is 2. The minimum atomic E-state index is 0.00904. The van der Waals surface area contributed by atoms with Gasteiger partial charge in [0, 0.05) is 51.4 Å². The Morgan fingerprint density at radius 1 is 1.25 bits per heavy atom. The number of hydrogen-bond acceptors (Lipinski definition) is 4. The van der Waals surface area contributed by atoms with Gasteiger partial charge in [-0.15, -0.1) is 0 Å². The van der Waals surface area contributed by atoms with Crippen molar-refractivity contribution in [2.24, 2.45) is 0 Å². The number of rotatable bonds is 6. The van der Waals surface area contributed by atoms with E-state index in [1.54, 1.807) is 0 Å². The molecule has 2 saturated heterocycles. The summed E-state index contributed by atoms with van der Waals surface area (Å²) < 4.78 is 0. The average molecular weight is 282 g/mol. The van der Waals surface area contributed by atoms with E-state index in [0.29, 0.717) is 12.1 Å². The SMILES string of the molecule is CCC(CC)NC(=O)C(C)N1CC(N2CCNCC2)C1. The second-order valence-electron chi connectivity index (χ2n) is 6.09. The monoisotopic (exact) mass is 282 g/mol. The molecule has 1 unspecified atom stereocenters. The van der Waals surface area contributed by atoms with Crippen LogP contribution in [0.3, 0.4) is 0 Å². The molecule has 2 fully saturated rings. The number of likely N-dealkylation sites (tertiary alicyclic amines) is 1. The van der Waals surface area contributed by atoms with Crippen molar-refractivity contribution in [2.45, 2.75) is 51.7 Å². The summed E-state index contributed by atoms with van der Waals surface area (Å²) >= 11 is 0. The van der Waals surface area contributed by atoms with E-state index in [4.69, 9.17) is 0 Å². The van der Waals surface area contributed by atoms with Crippen LogP contribution in [0.25, 0.3) is 0 Å². The van der Waals surface area contributed by atoms with E-state index < -0.39 is 0 Å². The minimum Gasteiger partial charge on any atom is -0.352 e. The van der Waals surface area contributed by atoms with Crippen molar-refractivity contribution in [3.8, 4) is 0 Å². The standard InChI is InChI=1S/C15H30N4O/c1-4-13(5-2)17-15(20)12(3)19-10-14(11-19)18-8-6-16-7-9-18/h12-14,16H,4-11H2,1-3H3,(H,17,20). The van der Waals surface area contributed by atoms with E-state index in [0.717, 1.165) is 52.1 Å². The van der Waals surface area contributed by atoms with Crippen LogP contribution in [0.4, 0.5) is 0 Å². The van der Waals surface area contributed by atoms with Gasteiger partial charge in [0.15, 0.2) is 0 Å². The molecule has 2 aliphatic heterocycles. The number of nitrogens with one attached hydrogen (secondary N) is 2. The molecule has 2 aliphatic rings. The first kappa shape index (κ1) is 15.7. The molecule has 0 aromatic carbocycles. The predicted octanol–water partition coefficient (Wildman–Crippen LogP) is 0.269. The molecule has 2 N–H and O–H groups in total. The van der Waals surface area contributed by atoms with Crippen molar-refractivity contribution in [3.05, 3.63) is 0 Å². The van der Waals surface area contributed by atoms with E-state index in [2.05, 4.69) is 34.3 Å². The molecule has 116 valence electrons. The predicted molar refractivity (Wildman–Crippen MR) is 81.8 cm³/mol. The van der Waals surface area contributed by atoms with Gasteiger partial charge in [0.2, 0.25) is 5.91 Å². The summed E-state index contributed by atoms with van der Waals surface area (Å²) in [5, 5.41) is 6.54. The molecule has 1 amide bonds. The lowest BCUT2D eigenvalue weighted by atomic mass is 10.0. The van der Waals surface area contributed by atoms with Crippen LogP contribution in [-0.4, -0.2) is 73.1 Å². The Balaban J connectivity index is 1.72. The van der Waals surface area contributed by atoms with Gasteiger partial charge < -0.3 is 10.6 Å². The largest absolute Gasteiger partial charge is 0.352 e. The summed E-state index contributed by atoms with van der Waals surface area (Å²) in [6.45, 7) is 12.9. The van der Waals surface area contributed by atoms with Crippen LogP contribution in [0, 0.1) is 0 Å². The van der Waals surface area contributed by atoms with Gasteiger partial charge in [0.05, 0.1) is 6.04 Å². The molecule has 5 heteroatoms. The number of amides is 1. The van der Waals surface area contributed by atoms with E-state index >= 15 is 0 Å². The second kappa shape index (κ2) is 7.38. The highest BCUT2D eigenvalue weighted by atomic mass is 16.2. The highest BCUT2D eigenvalue weighted by Gasteiger charge is 2.37.